The lowest BCUT2D eigenvalue weighted by molar-refractivity contribution is -0.111. The third kappa shape index (κ3) is 3.90. The molecule has 1 aliphatic carbocycles. The van der Waals surface area contributed by atoms with Crippen LogP contribution in [0.1, 0.15) is 25.3 Å². The molecule has 1 saturated carbocycles. The molecule has 2 aliphatic heterocycles. The summed E-state index contributed by atoms with van der Waals surface area (Å²) in [6, 6.07) is 5.21. The average Bonchev–Trinajstić information content (AvgIpc) is 3.35. The third-order valence-electron chi connectivity index (χ3n) is 7.03. The molecule has 0 radical (unpaired) electrons. The number of hydrogen-bond donors (Lipinski definition) is 0. The maximum atomic E-state index is 14.7. The molecule has 2 atom stereocenters. The Balaban J connectivity index is 1.25. The Kier molecular flexibility index (Phi) is 5.22. The van der Waals surface area contributed by atoms with Crippen LogP contribution in [0.5, 0.6) is 5.88 Å². The van der Waals surface area contributed by atoms with E-state index in [4.69, 9.17) is 14.2 Å². The zero-order chi connectivity index (χ0) is 23.4. The molecular weight excluding hydrogens is 457 g/mol. The number of benzene rings is 1. The second-order valence-electron chi connectivity index (χ2n) is 9.85. The van der Waals surface area contributed by atoms with E-state index >= 15 is 0 Å². The molecule has 1 amide bonds. The number of aromatic nitrogens is 2. The largest absolute Gasteiger partial charge is 0.472 e. The Bertz CT molecular complexity index is 1250. The molecule has 0 N–H and O–H groups in total. The smallest absolute Gasteiger partial charge is 0.410 e. The SMILES string of the molecule is Cc1ccc(-c2csc3c(OC4C5COCC4CN(C(=O)OC4(C)CC4)C5)ncnc23)c(F)c1. The van der Waals surface area contributed by atoms with Gasteiger partial charge in [-0.15, -0.1) is 11.3 Å². The van der Waals surface area contributed by atoms with E-state index in [2.05, 4.69) is 9.97 Å². The quantitative estimate of drug-likeness (QED) is 0.530. The predicted molar refractivity (Wildman–Crippen MR) is 125 cm³/mol. The van der Waals surface area contributed by atoms with Gasteiger partial charge in [0.2, 0.25) is 5.88 Å². The highest BCUT2D eigenvalue weighted by atomic mass is 32.1. The lowest BCUT2D eigenvalue weighted by atomic mass is 9.84. The number of hydrogen-bond acceptors (Lipinski definition) is 7. The number of ether oxygens (including phenoxy) is 3. The molecule has 34 heavy (non-hydrogen) atoms. The number of carbonyl (C=O) groups excluding carboxylic acids is 1. The number of amides is 1. The van der Waals surface area contributed by atoms with E-state index in [1.807, 2.05) is 25.3 Å². The van der Waals surface area contributed by atoms with Crippen LogP contribution in [0.15, 0.2) is 29.9 Å². The van der Waals surface area contributed by atoms with Crippen molar-refractivity contribution in [3.05, 3.63) is 41.3 Å². The number of halogens is 1. The van der Waals surface area contributed by atoms with Gasteiger partial charge in [-0.2, -0.15) is 0 Å². The second kappa shape index (κ2) is 8.16. The van der Waals surface area contributed by atoms with E-state index < -0.39 is 0 Å². The molecule has 4 heterocycles. The van der Waals surface area contributed by atoms with Crippen LogP contribution in [-0.2, 0) is 9.47 Å². The Morgan fingerprint density at radius 2 is 1.97 bits per heavy atom. The van der Waals surface area contributed by atoms with Gasteiger partial charge < -0.3 is 19.1 Å². The lowest BCUT2D eigenvalue weighted by Crippen LogP contribution is -2.59. The van der Waals surface area contributed by atoms with Crippen molar-refractivity contribution < 1.29 is 23.4 Å². The van der Waals surface area contributed by atoms with Crippen molar-refractivity contribution in [2.75, 3.05) is 26.3 Å². The number of likely N-dealkylation sites (tertiary alicyclic amines) is 1. The van der Waals surface area contributed by atoms with Gasteiger partial charge in [-0.25, -0.2) is 19.2 Å². The van der Waals surface area contributed by atoms with Gasteiger partial charge in [0.1, 0.15) is 28.5 Å². The zero-order valence-corrected chi connectivity index (χ0v) is 19.9. The van der Waals surface area contributed by atoms with Gasteiger partial charge in [0.05, 0.1) is 18.7 Å². The highest BCUT2D eigenvalue weighted by Gasteiger charge is 2.47. The molecule has 3 aromatic rings. The molecule has 1 aromatic carbocycles. The van der Waals surface area contributed by atoms with Crippen molar-refractivity contribution in [1.29, 1.82) is 0 Å². The topological polar surface area (TPSA) is 73.8 Å². The summed E-state index contributed by atoms with van der Waals surface area (Å²) in [4.78, 5) is 23.3. The number of rotatable bonds is 4. The summed E-state index contributed by atoms with van der Waals surface area (Å²) in [5.41, 5.74) is 2.51. The van der Waals surface area contributed by atoms with E-state index in [0.29, 0.717) is 43.3 Å². The standard InChI is InChI=1S/C25H26FN3O4S/c1-14-3-4-17(19(26)7-14)18-12-34-22-20(18)27-13-28-23(22)32-21-15-8-29(9-16(21)11-31-10-15)24(30)33-25(2)5-6-25/h3-4,7,12-13,15-16,21H,5-6,8-11H2,1-2H3. The van der Waals surface area contributed by atoms with Gasteiger partial charge in [-0.1, -0.05) is 12.1 Å². The summed E-state index contributed by atoms with van der Waals surface area (Å²) in [5, 5.41) is 1.90. The third-order valence-corrected chi connectivity index (χ3v) is 7.99. The first-order chi connectivity index (χ1) is 16.4. The minimum absolute atomic E-state index is 0.0195. The van der Waals surface area contributed by atoms with E-state index in [0.717, 1.165) is 28.7 Å². The minimum Gasteiger partial charge on any atom is -0.472 e. The molecule has 9 heteroatoms. The van der Waals surface area contributed by atoms with Crippen LogP contribution in [0.4, 0.5) is 9.18 Å². The van der Waals surface area contributed by atoms with Crippen molar-refractivity contribution in [1.82, 2.24) is 14.9 Å². The molecule has 0 spiro atoms. The summed E-state index contributed by atoms with van der Waals surface area (Å²) in [6.07, 6.45) is 2.94. The lowest BCUT2D eigenvalue weighted by Gasteiger charge is -2.46. The fourth-order valence-electron chi connectivity index (χ4n) is 4.87. The zero-order valence-electron chi connectivity index (χ0n) is 19.1. The van der Waals surface area contributed by atoms with Gasteiger partial charge in [0.15, 0.2) is 0 Å². The van der Waals surface area contributed by atoms with Crippen LogP contribution < -0.4 is 4.74 Å². The normalized spacial score (nSPS) is 25.3. The van der Waals surface area contributed by atoms with Gasteiger partial charge in [0, 0.05) is 41.4 Å². The fraction of sp³-hybridized carbons (Fsp3) is 0.480. The molecule has 2 saturated heterocycles. The molecule has 2 bridgehead atoms. The maximum Gasteiger partial charge on any atom is 0.410 e. The Labute approximate surface area is 200 Å². The first kappa shape index (κ1) is 21.7. The number of thiophene rings is 1. The summed E-state index contributed by atoms with van der Waals surface area (Å²) in [5.74, 6) is 0.265. The van der Waals surface area contributed by atoms with Crippen LogP contribution >= 0.6 is 11.3 Å². The fourth-order valence-corrected chi connectivity index (χ4v) is 5.82. The highest BCUT2D eigenvalue weighted by molar-refractivity contribution is 7.18. The number of carbonyl (C=O) groups is 1. The minimum atomic E-state index is -0.295. The van der Waals surface area contributed by atoms with Crippen LogP contribution in [0.3, 0.4) is 0 Å². The van der Waals surface area contributed by atoms with Crippen molar-refractivity contribution in [2.24, 2.45) is 11.8 Å². The molecule has 2 aromatic heterocycles. The molecular formula is C25H26FN3O4S. The van der Waals surface area contributed by atoms with Crippen molar-refractivity contribution in [2.45, 2.75) is 38.4 Å². The van der Waals surface area contributed by atoms with Crippen LogP contribution in [-0.4, -0.2) is 59.0 Å². The Morgan fingerprint density at radius 3 is 2.68 bits per heavy atom. The number of nitrogens with zero attached hydrogens (tertiary/aromatic N) is 3. The van der Waals surface area contributed by atoms with E-state index in [1.165, 1.54) is 23.7 Å². The molecule has 178 valence electrons. The van der Waals surface area contributed by atoms with Gasteiger partial charge in [0.25, 0.3) is 0 Å². The number of piperidine rings is 1. The highest BCUT2D eigenvalue weighted by Crippen LogP contribution is 2.41. The molecule has 2 unspecified atom stereocenters. The van der Waals surface area contributed by atoms with Gasteiger partial charge in [-0.05, 0) is 38.3 Å². The van der Waals surface area contributed by atoms with Crippen molar-refractivity contribution in [3.8, 4) is 17.0 Å². The van der Waals surface area contributed by atoms with E-state index in [1.54, 1.807) is 11.0 Å². The first-order valence-corrected chi connectivity index (χ1v) is 12.5. The summed E-state index contributed by atoms with van der Waals surface area (Å²) < 4.78 is 33.4. The first-order valence-electron chi connectivity index (χ1n) is 11.6. The number of aryl methyl sites for hydroxylation is 1. The molecule has 6 rings (SSSR count). The Hall–Kier alpha value is -2.78. The van der Waals surface area contributed by atoms with Crippen molar-refractivity contribution in [3.63, 3.8) is 0 Å². The van der Waals surface area contributed by atoms with Gasteiger partial charge in [-0.3, -0.25) is 0 Å². The second-order valence-corrected chi connectivity index (χ2v) is 10.7. The predicted octanol–water partition coefficient (Wildman–Crippen LogP) is 4.82. The molecule has 7 nitrogen and oxygen atoms in total. The van der Waals surface area contributed by atoms with Crippen LogP contribution in [0.2, 0.25) is 0 Å². The maximum absolute atomic E-state index is 14.7. The van der Waals surface area contributed by atoms with E-state index in [-0.39, 0.29) is 35.5 Å². The summed E-state index contributed by atoms with van der Waals surface area (Å²) >= 11 is 1.45. The van der Waals surface area contributed by atoms with E-state index in [9.17, 15) is 9.18 Å². The number of fused-ring (bicyclic) bond motifs is 3. The molecule has 3 fully saturated rings. The van der Waals surface area contributed by atoms with Crippen molar-refractivity contribution >= 4 is 27.6 Å². The average molecular weight is 484 g/mol. The monoisotopic (exact) mass is 483 g/mol. The summed E-state index contributed by atoms with van der Waals surface area (Å²) in [7, 11) is 0. The Morgan fingerprint density at radius 1 is 1.21 bits per heavy atom. The summed E-state index contributed by atoms with van der Waals surface area (Å²) in [6.45, 7) is 5.91. The van der Waals surface area contributed by atoms with Crippen LogP contribution in [0, 0.1) is 24.6 Å². The van der Waals surface area contributed by atoms with Crippen LogP contribution in [0.25, 0.3) is 21.3 Å². The van der Waals surface area contributed by atoms with Gasteiger partial charge >= 0.3 is 6.09 Å². The molecule has 3 aliphatic rings.